The van der Waals surface area contributed by atoms with E-state index in [4.69, 9.17) is 9.47 Å². The Morgan fingerprint density at radius 3 is 2.74 bits per heavy atom. The molecule has 4 N–H and O–H groups in total. The van der Waals surface area contributed by atoms with Gasteiger partial charge < -0.3 is 29.9 Å². The summed E-state index contributed by atoms with van der Waals surface area (Å²) in [5.41, 5.74) is -1.97. The van der Waals surface area contributed by atoms with Crippen molar-refractivity contribution in [2.75, 3.05) is 6.61 Å². The van der Waals surface area contributed by atoms with Gasteiger partial charge in [0.15, 0.2) is 17.0 Å². The molecule has 102 valence electrons. The third-order valence-electron chi connectivity index (χ3n) is 4.70. The predicted molar refractivity (Wildman–Crippen MR) is 61.1 cm³/mol. The van der Waals surface area contributed by atoms with Gasteiger partial charge in [-0.3, -0.25) is 0 Å². The molecule has 2 aliphatic heterocycles. The van der Waals surface area contributed by atoms with Gasteiger partial charge in [0.2, 0.25) is 0 Å². The zero-order valence-corrected chi connectivity index (χ0v) is 10.2. The Bertz CT molecular complexity index is 584. The van der Waals surface area contributed by atoms with Gasteiger partial charge in [-0.1, -0.05) is 12.1 Å². The smallest absolute Gasteiger partial charge is 0.198 e. The van der Waals surface area contributed by atoms with Crippen molar-refractivity contribution >= 4 is 0 Å². The number of hydrogen-bond acceptors (Lipinski definition) is 6. The summed E-state index contributed by atoms with van der Waals surface area (Å²) in [5.74, 6) is -1.85. The zero-order chi connectivity index (χ0) is 13.6. The van der Waals surface area contributed by atoms with Crippen molar-refractivity contribution in [3.63, 3.8) is 0 Å². The van der Waals surface area contributed by atoms with E-state index in [1.54, 1.807) is 12.1 Å². The highest BCUT2D eigenvalue weighted by Crippen LogP contribution is 2.73. The Labute approximate surface area is 108 Å². The highest BCUT2D eigenvalue weighted by atomic mass is 16.8. The van der Waals surface area contributed by atoms with E-state index < -0.39 is 29.2 Å². The van der Waals surface area contributed by atoms with Crippen LogP contribution < -0.4 is 0 Å². The number of epoxide rings is 1. The number of ether oxygens (including phenoxy) is 2. The lowest BCUT2D eigenvalue weighted by molar-refractivity contribution is -0.239. The van der Waals surface area contributed by atoms with E-state index in [0.29, 0.717) is 5.56 Å². The molecule has 3 aliphatic rings. The van der Waals surface area contributed by atoms with Crippen molar-refractivity contribution in [3.05, 3.63) is 29.3 Å². The molecule has 5 atom stereocenters. The molecular formula is C13H14O6. The fourth-order valence-corrected chi connectivity index (χ4v) is 3.68. The van der Waals surface area contributed by atoms with Gasteiger partial charge in [-0.05, 0) is 18.6 Å². The fraction of sp³-hybridized carbons (Fsp3) is 0.538. The summed E-state index contributed by atoms with van der Waals surface area (Å²) >= 11 is 0. The lowest BCUT2D eigenvalue weighted by Crippen LogP contribution is -2.50. The van der Waals surface area contributed by atoms with Gasteiger partial charge in [-0.25, -0.2) is 0 Å². The van der Waals surface area contributed by atoms with Crippen LogP contribution in [-0.2, 0) is 9.47 Å². The minimum Gasteiger partial charge on any atom is -0.508 e. The van der Waals surface area contributed by atoms with E-state index in [2.05, 4.69) is 0 Å². The summed E-state index contributed by atoms with van der Waals surface area (Å²) in [7, 11) is 0. The number of phenolic OH excluding ortho intramolecular Hbond substituents is 1. The molecule has 0 amide bonds. The molecule has 1 aromatic rings. The number of phenols is 1. The maximum absolute atomic E-state index is 10.5. The largest absolute Gasteiger partial charge is 0.508 e. The average Bonchev–Trinajstić information content (AvgIpc) is 3.01. The standard InChI is InChI=1S/C13H14O6/c1-11(17)13-10(16)8-6(3-2-4-7(8)14)9(15)12(13,19-13)5-18-11/h2-4,9-10,14-17H,5H2,1H3. The van der Waals surface area contributed by atoms with E-state index in [1.807, 2.05) is 0 Å². The van der Waals surface area contributed by atoms with Gasteiger partial charge in [0.25, 0.3) is 0 Å². The topological polar surface area (TPSA) is 103 Å². The quantitative estimate of drug-likeness (QED) is 0.482. The number of hydrogen-bond donors (Lipinski definition) is 4. The number of fused-ring (bicyclic) bond motifs is 1. The maximum atomic E-state index is 10.5. The average molecular weight is 266 g/mol. The fourth-order valence-electron chi connectivity index (χ4n) is 3.68. The highest BCUT2D eigenvalue weighted by molar-refractivity contribution is 5.53. The Balaban J connectivity index is 1.99. The molecule has 2 saturated heterocycles. The molecule has 6 heteroatoms. The van der Waals surface area contributed by atoms with Gasteiger partial charge in [0.1, 0.15) is 18.0 Å². The monoisotopic (exact) mass is 266 g/mol. The summed E-state index contributed by atoms with van der Waals surface area (Å²) in [5, 5.41) is 41.2. The summed E-state index contributed by atoms with van der Waals surface area (Å²) in [6.45, 7) is 1.38. The Kier molecular flexibility index (Phi) is 1.80. The summed E-state index contributed by atoms with van der Waals surface area (Å²) in [6, 6.07) is 4.63. The van der Waals surface area contributed by atoms with E-state index in [1.165, 1.54) is 13.0 Å². The van der Waals surface area contributed by atoms with Crippen LogP contribution in [0.25, 0.3) is 0 Å². The van der Waals surface area contributed by atoms with Gasteiger partial charge in [-0.15, -0.1) is 0 Å². The van der Waals surface area contributed by atoms with Crippen LogP contribution in [0.2, 0.25) is 0 Å². The molecule has 0 saturated carbocycles. The van der Waals surface area contributed by atoms with Crippen LogP contribution >= 0.6 is 0 Å². The van der Waals surface area contributed by atoms with Crippen molar-refractivity contribution in [2.24, 2.45) is 0 Å². The van der Waals surface area contributed by atoms with Crippen molar-refractivity contribution < 1.29 is 29.9 Å². The van der Waals surface area contributed by atoms with Gasteiger partial charge in [0, 0.05) is 5.56 Å². The summed E-state index contributed by atoms with van der Waals surface area (Å²) < 4.78 is 10.9. The van der Waals surface area contributed by atoms with E-state index >= 15 is 0 Å². The second kappa shape index (κ2) is 2.94. The van der Waals surface area contributed by atoms with Crippen LogP contribution in [0.1, 0.15) is 30.3 Å². The molecule has 2 heterocycles. The molecule has 0 radical (unpaired) electrons. The van der Waals surface area contributed by atoms with Crippen LogP contribution in [0.3, 0.4) is 0 Å². The zero-order valence-electron chi connectivity index (χ0n) is 10.2. The summed E-state index contributed by atoms with van der Waals surface area (Å²) in [6.07, 6.45) is -2.32. The number of benzene rings is 1. The van der Waals surface area contributed by atoms with Crippen LogP contribution in [-0.4, -0.2) is 44.0 Å². The van der Waals surface area contributed by atoms with E-state index in [0.717, 1.165) is 0 Å². The molecule has 1 aliphatic carbocycles. The van der Waals surface area contributed by atoms with Crippen molar-refractivity contribution in [3.8, 4) is 5.75 Å². The molecule has 0 bridgehead atoms. The first-order chi connectivity index (χ1) is 8.87. The molecular weight excluding hydrogens is 252 g/mol. The van der Waals surface area contributed by atoms with Crippen molar-refractivity contribution in [1.29, 1.82) is 0 Å². The Hall–Kier alpha value is -1.18. The van der Waals surface area contributed by atoms with Crippen molar-refractivity contribution in [1.82, 2.24) is 0 Å². The van der Waals surface area contributed by atoms with E-state index in [9.17, 15) is 20.4 Å². The Morgan fingerprint density at radius 2 is 2.00 bits per heavy atom. The highest BCUT2D eigenvalue weighted by Gasteiger charge is 2.90. The second-order valence-corrected chi connectivity index (χ2v) is 5.58. The van der Waals surface area contributed by atoms with Gasteiger partial charge >= 0.3 is 0 Å². The molecule has 6 nitrogen and oxygen atoms in total. The minimum absolute atomic E-state index is 0.00662. The van der Waals surface area contributed by atoms with Gasteiger partial charge in [-0.2, -0.15) is 0 Å². The van der Waals surface area contributed by atoms with Crippen LogP contribution in [0.15, 0.2) is 18.2 Å². The van der Waals surface area contributed by atoms with Gasteiger partial charge in [0.05, 0.1) is 6.61 Å². The molecule has 0 aromatic heterocycles. The maximum Gasteiger partial charge on any atom is 0.198 e. The molecule has 0 spiro atoms. The number of aliphatic hydroxyl groups is 3. The minimum atomic E-state index is -1.71. The Morgan fingerprint density at radius 1 is 1.26 bits per heavy atom. The third-order valence-corrected chi connectivity index (χ3v) is 4.70. The molecule has 19 heavy (non-hydrogen) atoms. The number of rotatable bonds is 0. The third kappa shape index (κ3) is 0.967. The van der Waals surface area contributed by atoms with Crippen molar-refractivity contribution in [2.45, 2.75) is 36.1 Å². The number of aromatic hydroxyl groups is 1. The van der Waals surface area contributed by atoms with Crippen LogP contribution in [0.5, 0.6) is 5.75 Å². The van der Waals surface area contributed by atoms with Crippen LogP contribution in [0, 0.1) is 0 Å². The molecule has 5 unspecified atom stereocenters. The first-order valence-electron chi connectivity index (χ1n) is 6.12. The SMILES string of the molecule is CC1(O)OCC23OC12C(O)c1c(O)cccc1C3O. The van der Waals surface area contributed by atoms with E-state index in [-0.39, 0.29) is 17.9 Å². The molecule has 1 aromatic carbocycles. The first-order valence-corrected chi connectivity index (χ1v) is 6.12. The predicted octanol–water partition coefficient (Wildman–Crippen LogP) is -0.281. The second-order valence-electron chi connectivity index (χ2n) is 5.58. The van der Waals surface area contributed by atoms with Crippen LogP contribution in [0.4, 0.5) is 0 Å². The molecule has 4 rings (SSSR count). The first kappa shape index (κ1) is 11.6. The summed E-state index contributed by atoms with van der Waals surface area (Å²) in [4.78, 5) is 0. The lowest BCUT2D eigenvalue weighted by Gasteiger charge is -2.34. The lowest BCUT2D eigenvalue weighted by atomic mass is 9.70. The molecule has 2 fully saturated rings. The normalized spacial score (nSPS) is 50.3. The number of aliphatic hydroxyl groups excluding tert-OH is 2.